The molecule has 3 amide bonds. The maximum absolute atomic E-state index is 12.3. The number of hydrogen-bond donors (Lipinski definition) is 2. The van der Waals surface area contributed by atoms with Gasteiger partial charge in [-0.3, -0.25) is 14.9 Å². The van der Waals surface area contributed by atoms with Crippen LogP contribution in [0.2, 0.25) is 0 Å². The van der Waals surface area contributed by atoms with Crippen molar-refractivity contribution in [2.45, 2.75) is 25.4 Å². The average Bonchev–Trinajstić information content (AvgIpc) is 2.60. The number of carbonyl (C=O) groups is 3. The highest BCUT2D eigenvalue weighted by molar-refractivity contribution is 5.96. The molecular weight excluding hydrogens is 320 g/mol. The number of urea groups is 1. The first-order valence-electron chi connectivity index (χ1n) is 7.87. The van der Waals surface area contributed by atoms with Gasteiger partial charge >= 0.3 is 12.0 Å². The van der Waals surface area contributed by atoms with Crippen molar-refractivity contribution in [3.63, 3.8) is 0 Å². The van der Waals surface area contributed by atoms with E-state index in [1.807, 2.05) is 66.0 Å². The molecule has 0 aliphatic rings. The average molecular weight is 340 g/mol. The van der Waals surface area contributed by atoms with Crippen molar-refractivity contribution in [2.75, 3.05) is 0 Å². The molecule has 3 N–H and O–H groups in total. The zero-order valence-electron chi connectivity index (χ0n) is 13.8. The summed E-state index contributed by atoms with van der Waals surface area (Å²) in [5.74, 6) is -1.48. The van der Waals surface area contributed by atoms with Crippen molar-refractivity contribution in [2.24, 2.45) is 5.73 Å². The molecule has 6 nitrogen and oxygen atoms in total. The topological polar surface area (TPSA) is 98.5 Å². The van der Waals surface area contributed by atoms with E-state index in [2.05, 4.69) is 0 Å². The standard InChI is InChI=1S/C19H20N2O4/c1-13(18(23)21-19(20)24)25-17(22)12-16(14-8-4-2-5-9-14)15-10-6-3-7-11-15/h2-11,13,16H,12H2,1H3,(H3,20,21,23,24)/t13-/m0/s1. The highest BCUT2D eigenvalue weighted by Gasteiger charge is 2.23. The van der Waals surface area contributed by atoms with Crippen LogP contribution in [0, 0.1) is 0 Å². The highest BCUT2D eigenvalue weighted by Crippen LogP contribution is 2.28. The molecule has 0 bridgehead atoms. The number of rotatable bonds is 6. The fourth-order valence-electron chi connectivity index (χ4n) is 2.49. The van der Waals surface area contributed by atoms with Gasteiger partial charge in [0.05, 0.1) is 6.42 Å². The lowest BCUT2D eigenvalue weighted by Crippen LogP contribution is -2.42. The number of hydrogen-bond acceptors (Lipinski definition) is 4. The van der Waals surface area contributed by atoms with E-state index in [-0.39, 0.29) is 12.3 Å². The molecule has 1 atom stereocenters. The Morgan fingerprint density at radius 3 is 1.88 bits per heavy atom. The van der Waals surface area contributed by atoms with Gasteiger partial charge in [-0.15, -0.1) is 0 Å². The van der Waals surface area contributed by atoms with E-state index < -0.39 is 24.0 Å². The van der Waals surface area contributed by atoms with Gasteiger partial charge in [0, 0.05) is 5.92 Å². The SMILES string of the molecule is C[C@H](OC(=O)CC(c1ccccc1)c1ccccc1)C(=O)NC(N)=O. The molecule has 2 aromatic rings. The molecule has 0 saturated carbocycles. The Morgan fingerprint density at radius 2 is 1.44 bits per heavy atom. The Kier molecular flexibility index (Phi) is 6.28. The van der Waals surface area contributed by atoms with E-state index in [0.717, 1.165) is 11.1 Å². The summed E-state index contributed by atoms with van der Waals surface area (Å²) in [7, 11) is 0. The zero-order chi connectivity index (χ0) is 18.2. The fraction of sp³-hybridized carbons (Fsp3) is 0.211. The Balaban J connectivity index is 2.11. The molecule has 0 unspecified atom stereocenters. The van der Waals surface area contributed by atoms with E-state index in [1.54, 1.807) is 0 Å². The molecule has 2 rings (SSSR count). The molecule has 2 aromatic carbocycles. The van der Waals surface area contributed by atoms with Gasteiger partial charge in [-0.2, -0.15) is 0 Å². The molecule has 0 heterocycles. The summed E-state index contributed by atoms with van der Waals surface area (Å²) >= 11 is 0. The lowest BCUT2D eigenvalue weighted by molar-refractivity contribution is -0.154. The Hall–Kier alpha value is -3.15. The summed E-state index contributed by atoms with van der Waals surface area (Å²) in [6, 6.07) is 18.2. The largest absolute Gasteiger partial charge is 0.453 e. The molecule has 6 heteroatoms. The first-order chi connectivity index (χ1) is 12.0. The van der Waals surface area contributed by atoms with Crippen LogP contribution in [-0.2, 0) is 14.3 Å². The number of benzene rings is 2. The molecule has 0 radical (unpaired) electrons. The first-order valence-corrected chi connectivity index (χ1v) is 7.87. The van der Waals surface area contributed by atoms with Crippen LogP contribution >= 0.6 is 0 Å². The molecule has 0 fully saturated rings. The second-order valence-corrected chi connectivity index (χ2v) is 5.56. The molecular formula is C19H20N2O4. The number of esters is 1. The summed E-state index contributed by atoms with van der Waals surface area (Å²) in [4.78, 5) is 34.6. The van der Waals surface area contributed by atoms with Gasteiger partial charge in [0.1, 0.15) is 0 Å². The lowest BCUT2D eigenvalue weighted by Gasteiger charge is -2.19. The minimum absolute atomic E-state index is 0.0716. The van der Waals surface area contributed by atoms with E-state index in [0.29, 0.717) is 0 Å². The number of primary amides is 1. The molecule has 0 aliphatic heterocycles. The van der Waals surface area contributed by atoms with Crippen LogP contribution in [0.15, 0.2) is 60.7 Å². The number of imide groups is 1. The summed E-state index contributed by atoms with van der Waals surface area (Å²) < 4.78 is 5.13. The summed E-state index contributed by atoms with van der Waals surface area (Å²) in [5.41, 5.74) is 6.83. The third-order valence-corrected chi connectivity index (χ3v) is 3.70. The van der Waals surface area contributed by atoms with Crippen molar-refractivity contribution in [3.8, 4) is 0 Å². The summed E-state index contributed by atoms with van der Waals surface area (Å²) in [5, 5.41) is 1.89. The highest BCUT2D eigenvalue weighted by atomic mass is 16.5. The maximum atomic E-state index is 12.3. The Labute approximate surface area is 146 Å². The second-order valence-electron chi connectivity index (χ2n) is 5.56. The van der Waals surface area contributed by atoms with Crippen LogP contribution in [0.1, 0.15) is 30.4 Å². The van der Waals surface area contributed by atoms with Crippen molar-refractivity contribution in [3.05, 3.63) is 71.8 Å². The van der Waals surface area contributed by atoms with E-state index in [4.69, 9.17) is 10.5 Å². The quantitative estimate of drug-likeness (QED) is 0.789. The van der Waals surface area contributed by atoms with Gasteiger partial charge < -0.3 is 10.5 Å². The van der Waals surface area contributed by atoms with Crippen molar-refractivity contribution in [1.82, 2.24) is 5.32 Å². The molecule has 25 heavy (non-hydrogen) atoms. The van der Waals surface area contributed by atoms with Crippen LogP contribution in [0.25, 0.3) is 0 Å². The second kappa shape index (κ2) is 8.63. The van der Waals surface area contributed by atoms with E-state index in [9.17, 15) is 14.4 Å². The number of carbonyl (C=O) groups excluding carboxylic acids is 3. The maximum Gasteiger partial charge on any atom is 0.318 e. The first kappa shape index (κ1) is 18.2. The Bertz CT molecular complexity index is 692. The van der Waals surface area contributed by atoms with Gasteiger partial charge in [-0.25, -0.2) is 4.79 Å². The predicted octanol–water partition coefficient (Wildman–Crippen LogP) is 2.34. The molecule has 0 spiro atoms. The van der Waals surface area contributed by atoms with Crippen LogP contribution < -0.4 is 11.1 Å². The van der Waals surface area contributed by atoms with Crippen LogP contribution in [0.4, 0.5) is 4.79 Å². The number of amides is 3. The predicted molar refractivity (Wildman–Crippen MR) is 92.6 cm³/mol. The summed E-state index contributed by atoms with van der Waals surface area (Å²) in [6.45, 7) is 1.39. The zero-order valence-corrected chi connectivity index (χ0v) is 13.8. The van der Waals surface area contributed by atoms with Gasteiger partial charge in [0.15, 0.2) is 6.10 Å². The van der Waals surface area contributed by atoms with E-state index in [1.165, 1.54) is 6.92 Å². The van der Waals surface area contributed by atoms with Crippen molar-refractivity contribution < 1.29 is 19.1 Å². The number of nitrogens with two attached hydrogens (primary N) is 1. The molecule has 0 aromatic heterocycles. The smallest absolute Gasteiger partial charge is 0.318 e. The van der Waals surface area contributed by atoms with Crippen LogP contribution in [0.5, 0.6) is 0 Å². The minimum atomic E-state index is -1.10. The van der Waals surface area contributed by atoms with E-state index >= 15 is 0 Å². The Morgan fingerprint density at radius 1 is 0.960 bits per heavy atom. The van der Waals surface area contributed by atoms with Crippen molar-refractivity contribution in [1.29, 1.82) is 0 Å². The van der Waals surface area contributed by atoms with Crippen LogP contribution in [0.3, 0.4) is 0 Å². The monoisotopic (exact) mass is 340 g/mol. The molecule has 0 saturated heterocycles. The minimum Gasteiger partial charge on any atom is -0.453 e. The number of ether oxygens (including phenoxy) is 1. The van der Waals surface area contributed by atoms with Gasteiger partial charge in [-0.05, 0) is 18.1 Å². The lowest BCUT2D eigenvalue weighted by atomic mass is 9.88. The van der Waals surface area contributed by atoms with Gasteiger partial charge in [-0.1, -0.05) is 60.7 Å². The van der Waals surface area contributed by atoms with Gasteiger partial charge in [0.25, 0.3) is 5.91 Å². The van der Waals surface area contributed by atoms with Crippen LogP contribution in [-0.4, -0.2) is 24.0 Å². The van der Waals surface area contributed by atoms with Crippen molar-refractivity contribution >= 4 is 17.9 Å². The molecule has 0 aliphatic carbocycles. The molecule has 130 valence electrons. The fourth-order valence-corrected chi connectivity index (χ4v) is 2.49. The number of nitrogens with one attached hydrogen (secondary N) is 1. The normalized spacial score (nSPS) is 11.6. The summed E-state index contributed by atoms with van der Waals surface area (Å²) in [6.07, 6.45) is -1.03. The third-order valence-electron chi connectivity index (χ3n) is 3.70. The third kappa shape index (κ3) is 5.46. The van der Waals surface area contributed by atoms with Gasteiger partial charge in [0.2, 0.25) is 0 Å².